The molecule has 166 valence electrons. The lowest BCUT2D eigenvalue weighted by atomic mass is 10.2. The van der Waals surface area contributed by atoms with E-state index in [1.165, 1.54) is 44.6 Å². The summed E-state index contributed by atoms with van der Waals surface area (Å²) >= 11 is 0. The first-order chi connectivity index (χ1) is 14.9. The number of nitrogens with one attached hydrogen (secondary N) is 1. The fourth-order valence-corrected chi connectivity index (χ4v) is 2.54. The van der Waals surface area contributed by atoms with Crippen LogP contribution >= 0.6 is 0 Å². The first kappa shape index (κ1) is 23.5. The van der Waals surface area contributed by atoms with Crippen molar-refractivity contribution in [3.8, 4) is 17.2 Å². The molecule has 31 heavy (non-hydrogen) atoms. The van der Waals surface area contributed by atoms with Gasteiger partial charge in [-0.3, -0.25) is 14.9 Å². The molecule has 0 unspecified atom stereocenters. The normalized spacial score (nSPS) is 10.2. The third-order valence-corrected chi connectivity index (χ3v) is 4.16. The van der Waals surface area contributed by atoms with E-state index in [0.29, 0.717) is 18.1 Å². The number of benzene rings is 2. The van der Waals surface area contributed by atoms with Crippen molar-refractivity contribution >= 4 is 23.3 Å². The molecular formula is C21H24N2O8. The van der Waals surface area contributed by atoms with Crippen molar-refractivity contribution in [2.75, 3.05) is 32.8 Å². The number of carbonyl (C=O) groups excluding carboxylic acids is 2. The molecule has 1 N–H and O–H groups in total. The molecule has 0 aromatic heterocycles. The molecule has 0 heterocycles. The Morgan fingerprint density at radius 1 is 1.06 bits per heavy atom. The minimum Gasteiger partial charge on any atom is -0.496 e. The highest BCUT2D eigenvalue weighted by Gasteiger charge is 2.19. The van der Waals surface area contributed by atoms with E-state index in [2.05, 4.69) is 5.32 Å². The second kappa shape index (κ2) is 11.4. The van der Waals surface area contributed by atoms with Crippen LogP contribution < -0.4 is 19.5 Å². The highest BCUT2D eigenvalue weighted by molar-refractivity contribution is 5.97. The van der Waals surface area contributed by atoms with Gasteiger partial charge in [0.05, 0.1) is 37.4 Å². The van der Waals surface area contributed by atoms with E-state index in [4.69, 9.17) is 18.9 Å². The number of unbranched alkanes of at least 4 members (excludes halogenated alkanes) is 1. The summed E-state index contributed by atoms with van der Waals surface area (Å²) in [6.07, 6.45) is 1.86. The van der Waals surface area contributed by atoms with Crippen LogP contribution in [-0.4, -0.2) is 44.2 Å². The fourth-order valence-electron chi connectivity index (χ4n) is 2.54. The number of hydrogen-bond acceptors (Lipinski definition) is 8. The van der Waals surface area contributed by atoms with Gasteiger partial charge in [-0.2, -0.15) is 0 Å². The van der Waals surface area contributed by atoms with Gasteiger partial charge in [0.25, 0.3) is 11.6 Å². The quantitative estimate of drug-likeness (QED) is 0.247. The van der Waals surface area contributed by atoms with Crippen LogP contribution in [0.1, 0.15) is 30.1 Å². The molecule has 2 aromatic carbocycles. The molecule has 0 spiro atoms. The van der Waals surface area contributed by atoms with Gasteiger partial charge in [0, 0.05) is 0 Å². The van der Waals surface area contributed by atoms with E-state index in [1.807, 2.05) is 6.92 Å². The van der Waals surface area contributed by atoms with Gasteiger partial charge >= 0.3 is 5.97 Å². The molecule has 10 heteroatoms. The van der Waals surface area contributed by atoms with Crippen LogP contribution in [0.2, 0.25) is 0 Å². The maximum absolute atomic E-state index is 12.3. The first-order valence-electron chi connectivity index (χ1n) is 9.49. The Morgan fingerprint density at radius 3 is 2.48 bits per heavy atom. The number of anilines is 1. The summed E-state index contributed by atoms with van der Waals surface area (Å²) in [6, 6.07) is 8.52. The van der Waals surface area contributed by atoms with Gasteiger partial charge in [0.2, 0.25) is 0 Å². The molecule has 0 saturated carbocycles. The van der Waals surface area contributed by atoms with E-state index in [1.54, 1.807) is 6.07 Å². The SMILES string of the molecule is CCCCOc1ccc(C(=O)OCC(=O)Nc2ccc(OC)cc2[N+](=O)[O-])cc1OC. The monoisotopic (exact) mass is 432 g/mol. The average Bonchev–Trinajstić information content (AvgIpc) is 2.77. The molecule has 0 fully saturated rings. The topological polar surface area (TPSA) is 126 Å². The lowest BCUT2D eigenvalue weighted by Crippen LogP contribution is -2.21. The predicted octanol–water partition coefficient (Wildman–Crippen LogP) is 3.59. The largest absolute Gasteiger partial charge is 0.496 e. The van der Waals surface area contributed by atoms with E-state index in [0.717, 1.165) is 12.8 Å². The minimum atomic E-state index is -0.752. The molecular weight excluding hydrogens is 408 g/mol. The van der Waals surface area contributed by atoms with Crippen molar-refractivity contribution in [1.29, 1.82) is 0 Å². The fraction of sp³-hybridized carbons (Fsp3) is 0.333. The van der Waals surface area contributed by atoms with Crippen LogP contribution in [0.15, 0.2) is 36.4 Å². The molecule has 0 aliphatic rings. The third kappa shape index (κ3) is 6.59. The Bertz CT molecular complexity index is 945. The van der Waals surface area contributed by atoms with Crippen LogP contribution in [0.3, 0.4) is 0 Å². The molecule has 0 saturated heterocycles. The van der Waals surface area contributed by atoms with Gasteiger partial charge < -0.3 is 24.3 Å². The lowest BCUT2D eigenvalue weighted by molar-refractivity contribution is -0.384. The number of methoxy groups -OCH3 is 2. The zero-order chi connectivity index (χ0) is 22.8. The molecule has 10 nitrogen and oxygen atoms in total. The molecule has 0 aliphatic heterocycles. The van der Waals surface area contributed by atoms with Gasteiger partial charge in [-0.15, -0.1) is 0 Å². The summed E-state index contributed by atoms with van der Waals surface area (Å²) in [5, 5.41) is 13.5. The van der Waals surface area contributed by atoms with Crippen LogP contribution in [0.25, 0.3) is 0 Å². The summed E-state index contributed by atoms with van der Waals surface area (Å²) in [5.74, 6) is -0.348. The standard InChI is InChI=1S/C21H24N2O8/c1-4-5-10-30-18-9-6-14(11-19(18)29-3)21(25)31-13-20(24)22-16-8-7-15(28-2)12-17(16)23(26)27/h6-9,11-12H,4-5,10,13H2,1-3H3,(H,22,24). The number of esters is 1. The summed E-state index contributed by atoms with van der Waals surface area (Å²) in [6.45, 7) is 1.94. The van der Waals surface area contributed by atoms with E-state index >= 15 is 0 Å². The van der Waals surface area contributed by atoms with Crippen molar-refractivity contribution in [3.05, 3.63) is 52.1 Å². The summed E-state index contributed by atoms with van der Waals surface area (Å²) in [4.78, 5) is 34.9. The number of nitro groups is 1. The Morgan fingerprint density at radius 2 is 1.84 bits per heavy atom. The third-order valence-electron chi connectivity index (χ3n) is 4.16. The van der Waals surface area contributed by atoms with E-state index in [9.17, 15) is 19.7 Å². The smallest absolute Gasteiger partial charge is 0.338 e. The zero-order valence-corrected chi connectivity index (χ0v) is 17.5. The van der Waals surface area contributed by atoms with Crippen LogP contribution in [0.4, 0.5) is 11.4 Å². The minimum absolute atomic E-state index is 0.0397. The predicted molar refractivity (Wildman–Crippen MR) is 112 cm³/mol. The average molecular weight is 432 g/mol. The van der Waals surface area contributed by atoms with Crippen LogP contribution in [0.5, 0.6) is 17.2 Å². The Balaban J connectivity index is 1.99. The molecule has 0 atom stereocenters. The van der Waals surface area contributed by atoms with Crippen molar-refractivity contribution in [3.63, 3.8) is 0 Å². The van der Waals surface area contributed by atoms with Gasteiger partial charge in [-0.25, -0.2) is 4.79 Å². The number of carbonyl (C=O) groups is 2. The zero-order valence-electron chi connectivity index (χ0n) is 17.5. The Labute approximate surface area is 179 Å². The molecule has 0 aliphatic carbocycles. The van der Waals surface area contributed by atoms with E-state index < -0.39 is 23.4 Å². The molecule has 0 bridgehead atoms. The second-order valence-electron chi connectivity index (χ2n) is 6.33. The number of nitro benzene ring substituents is 1. The van der Waals surface area contributed by atoms with E-state index in [-0.39, 0.29) is 22.7 Å². The van der Waals surface area contributed by atoms with Crippen molar-refractivity contribution < 1.29 is 33.5 Å². The number of rotatable bonds is 11. The number of nitrogens with zero attached hydrogens (tertiary/aromatic N) is 1. The highest BCUT2D eigenvalue weighted by Crippen LogP contribution is 2.30. The first-order valence-corrected chi connectivity index (χ1v) is 9.49. The maximum Gasteiger partial charge on any atom is 0.338 e. The molecule has 2 aromatic rings. The van der Waals surface area contributed by atoms with Crippen molar-refractivity contribution in [2.45, 2.75) is 19.8 Å². The maximum atomic E-state index is 12.3. The van der Waals surface area contributed by atoms with Crippen LogP contribution in [-0.2, 0) is 9.53 Å². The van der Waals surface area contributed by atoms with Crippen LogP contribution in [0, 0.1) is 10.1 Å². The lowest BCUT2D eigenvalue weighted by Gasteiger charge is -2.12. The molecule has 1 amide bonds. The molecule has 0 radical (unpaired) electrons. The van der Waals surface area contributed by atoms with Gasteiger partial charge in [0.15, 0.2) is 18.1 Å². The Hall–Kier alpha value is -3.82. The van der Waals surface area contributed by atoms with Crippen molar-refractivity contribution in [1.82, 2.24) is 0 Å². The summed E-state index contributed by atoms with van der Waals surface area (Å²) in [5.41, 5.74) is -0.215. The number of hydrogen-bond donors (Lipinski definition) is 1. The Kier molecular flexibility index (Phi) is 8.62. The highest BCUT2D eigenvalue weighted by atomic mass is 16.6. The number of amides is 1. The summed E-state index contributed by atoms with van der Waals surface area (Å²) < 4.78 is 20.8. The van der Waals surface area contributed by atoms with Gasteiger partial charge in [0.1, 0.15) is 11.4 Å². The molecule has 2 rings (SSSR count). The van der Waals surface area contributed by atoms with Crippen molar-refractivity contribution in [2.24, 2.45) is 0 Å². The second-order valence-corrected chi connectivity index (χ2v) is 6.33. The van der Waals surface area contributed by atoms with Gasteiger partial charge in [-0.05, 0) is 36.8 Å². The summed E-state index contributed by atoms with van der Waals surface area (Å²) in [7, 11) is 2.82. The van der Waals surface area contributed by atoms with Gasteiger partial charge in [-0.1, -0.05) is 13.3 Å². The number of ether oxygens (including phenoxy) is 4.